The molecule has 0 saturated heterocycles. The van der Waals surface area contributed by atoms with Crippen molar-refractivity contribution >= 4 is 11.5 Å². The van der Waals surface area contributed by atoms with Crippen molar-refractivity contribution in [3.05, 3.63) is 28.2 Å². The first-order valence-corrected chi connectivity index (χ1v) is 5.51. The normalized spacial score (nSPS) is 13.1. The molecule has 86 valence electrons. The molecule has 2 rings (SSSR count). The fraction of sp³-hybridized carbons (Fsp3) is 0.455. The molecule has 0 aliphatic rings. The lowest BCUT2D eigenvalue weighted by atomic mass is 10.0. The number of nitrogen functional groups attached to an aromatic ring is 1. The Balaban J connectivity index is 2.60. The Hall–Kier alpha value is -1.78. The van der Waals surface area contributed by atoms with Gasteiger partial charge in [-0.1, -0.05) is 20.3 Å². The number of anilines is 1. The molecule has 0 spiro atoms. The zero-order chi connectivity index (χ0) is 11.7. The number of hydrogen-bond donors (Lipinski definition) is 2. The van der Waals surface area contributed by atoms with E-state index in [0.29, 0.717) is 11.4 Å². The van der Waals surface area contributed by atoms with E-state index < -0.39 is 0 Å². The summed E-state index contributed by atoms with van der Waals surface area (Å²) in [7, 11) is 0. The maximum atomic E-state index is 11.6. The summed E-state index contributed by atoms with van der Waals surface area (Å²) < 4.78 is 1.65. The maximum Gasteiger partial charge on any atom is 0.276 e. The average molecular weight is 220 g/mol. The predicted molar refractivity (Wildman–Crippen MR) is 63.5 cm³/mol. The van der Waals surface area contributed by atoms with E-state index in [-0.39, 0.29) is 11.5 Å². The number of fused-ring (bicyclic) bond motifs is 1. The Kier molecular flexibility index (Phi) is 2.68. The van der Waals surface area contributed by atoms with Gasteiger partial charge in [-0.05, 0) is 24.5 Å². The maximum absolute atomic E-state index is 11.6. The first kappa shape index (κ1) is 10.7. The molecule has 2 heterocycles. The van der Waals surface area contributed by atoms with E-state index in [4.69, 9.17) is 5.73 Å². The van der Waals surface area contributed by atoms with Crippen LogP contribution in [0.2, 0.25) is 0 Å². The molecular weight excluding hydrogens is 204 g/mol. The SMILES string of the molecule is CCCC(C)c1ccc2c(=O)[nH]c(N)nn12. The van der Waals surface area contributed by atoms with Crippen LogP contribution in [-0.4, -0.2) is 14.6 Å². The topological polar surface area (TPSA) is 76.2 Å². The smallest absolute Gasteiger partial charge is 0.276 e. The minimum absolute atomic E-state index is 0.152. The Morgan fingerprint density at radius 1 is 1.56 bits per heavy atom. The molecule has 0 saturated carbocycles. The molecule has 0 bridgehead atoms. The second-order valence-corrected chi connectivity index (χ2v) is 4.08. The lowest BCUT2D eigenvalue weighted by Crippen LogP contribution is -2.16. The van der Waals surface area contributed by atoms with Gasteiger partial charge in [-0.2, -0.15) is 0 Å². The summed E-state index contributed by atoms with van der Waals surface area (Å²) in [5, 5.41) is 4.14. The van der Waals surface area contributed by atoms with Crippen molar-refractivity contribution in [2.24, 2.45) is 0 Å². The monoisotopic (exact) mass is 220 g/mol. The van der Waals surface area contributed by atoms with E-state index >= 15 is 0 Å². The van der Waals surface area contributed by atoms with Crippen molar-refractivity contribution in [2.45, 2.75) is 32.6 Å². The van der Waals surface area contributed by atoms with E-state index in [9.17, 15) is 4.79 Å². The second-order valence-electron chi connectivity index (χ2n) is 4.08. The molecule has 1 unspecified atom stereocenters. The summed E-state index contributed by atoms with van der Waals surface area (Å²) in [6.07, 6.45) is 2.17. The quantitative estimate of drug-likeness (QED) is 0.823. The van der Waals surface area contributed by atoms with Crippen LogP contribution in [0.1, 0.15) is 38.3 Å². The first-order valence-electron chi connectivity index (χ1n) is 5.51. The van der Waals surface area contributed by atoms with Crippen LogP contribution in [-0.2, 0) is 0 Å². The standard InChI is InChI=1S/C11H16N4O/c1-3-4-7(2)8-5-6-9-10(16)13-11(12)14-15(8)9/h5-7H,3-4H2,1-2H3,(H3,12,13,14,16). The molecule has 0 aromatic carbocycles. The van der Waals surface area contributed by atoms with Gasteiger partial charge in [0.25, 0.3) is 5.56 Å². The minimum Gasteiger partial charge on any atom is -0.368 e. The van der Waals surface area contributed by atoms with Crippen molar-refractivity contribution in [3.63, 3.8) is 0 Å². The fourth-order valence-electron chi connectivity index (χ4n) is 2.00. The van der Waals surface area contributed by atoms with Gasteiger partial charge in [0, 0.05) is 5.69 Å². The molecule has 2 aromatic heterocycles. The average Bonchev–Trinajstić information content (AvgIpc) is 2.61. The zero-order valence-electron chi connectivity index (χ0n) is 9.53. The van der Waals surface area contributed by atoms with Gasteiger partial charge in [0.15, 0.2) is 0 Å². The Morgan fingerprint density at radius 3 is 3.00 bits per heavy atom. The van der Waals surface area contributed by atoms with Gasteiger partial charge >= 0.3 is 0 Å². The number of nitrogens with two attached hydrogens (primary N) is 1. The van der Waals surface area contributed by atoms with Gasteiger partial charge in [0.2, 0.25) is 5.95 Å². The molecule has 0 fully saturated rings. The van der Waals surface area contributed by atoms with Crippen molar-refractivity contribution in [1.29, 1.82) is 0 Å². The summed E-state index contributed by atoms with van der Waals surface area (Å²) in [6, 6.07) is 3.73. The van der Waals surface area contributed by atoms with Gasteiger partial charge in [-0.3, -0.25) is 9.78 Å². The summed E-state index contributed by atoms with van der Waals surface area (Å²) >= 11 is 0. The van der Waals surface area contributed by atoms with Gasteiger partial charge in [0.05, 0.1) is 0 Å². The highest BCUT2D eigenvalue weighted by atomic mass is 16.1. The van der Waals surface area contributed by atoms with Crippen LogP contribution in [0.15, 0.2) is 16.9 Å². The number of nitrogens with one attached hydrogen (secondary N) is 1. The Morgan fingerprint density at radius 2 is 2.31 bits per heavy atom. The third-order valence-corrected chi connectivity index (χ3v) is 2.79. The van der Waals surface area contributed by atoms with Crippen LogP contribution >= 0.6 is 0 Å². The van der Waals surface area contributed by atoms with Gasteiger partial charge in [-0.25, -0.2) is 4.52 Å². The minimum atomic E-state index is -0.192. The molecular formula is C11H16N4O. The highest BCUT2D eigenvalue weighted by Gasteiger charge is 2.12. The van der Waals surface area contributed by atoms with E-state index in [1.54, 1.807) is 10.6 Å². The third-order valence-electron chi connectivity index (χ3n) is 2.79. The van der Waals surface area contributed by atoms with E-state index in [1.807, 2.05) is 6.07 Å². The van der Waals surface area contributed by atoms with Crippen molar-refractivity contribution < 1.29 is 0 Å². The summed E-state index contributed by atoms with van der Waals surface area (Å²) in [4.78, 5) is 14.1. The first-order chi connectivity index (χ1) is 7.63. The summed E-state index contributed by atoms with van der Waals surface area (Å²) in [6.45, 7) is 4.27. The van der Waals surface area contributed by atoms with Crippen LogP contribution in [0.25, 0.3) is 5.52 Å². The highest BCUT2D eigenvalue weighted by molar-refractivity contribution is 5.48. The number of nitrogens with zero attached hydrogens (tertiary/aromatic N) is 2. The molecule has 0 radical (unpaired) electrons. The van der Waals surface area contributed by atoms with Crippen LogP contribution in [0.4, 0.5) is 5.95 Å². The third kappa shape index (κ3) is 1.68. The highest BCUT2D eigenvalue weighted by Crippen LogP contribution is 2.21. The molecule has 0 amide bonds. The van der Waals surface area contributed by atoms with Crippen LogP contribution in [0.5, 0.6) is 0 Å². The van der Waals surface area contributed by atoms with Crippen molar-refractivity contribution in [3.8, 4) is 0 Å². The van der Waals surface area contributed by atoms with Gasteiger partial charge < -0.3 is 5.73 Å². The Bertz CT molecular complexity index is 555. The van der Waals surface area contributed by atoms with Crippen LogP contribution < -0.4 is 11.3 Å². The molecule has 16 heavy (non-hydrogen) atoms. The fourth-order valence-corrected chi connectivity index (χ4v) is 2.00. The summed E-state index contributed by atoms with van der Waals surface area (Å²) in [5.41, 5.74) is 6.93. The number of hydrogen-bond acceptors (Lipinski definition) is 3. The van der Waals surface area contributed by atoms with Crippen molar-refractivity contribution in [1.82, 2.24) is 14.6 Å². The molecule has 5 heteroatoms. The summed E-state index contributed by atoms with van der Waals surface area (Å²) in [5.74, 6) is 0.528. The van der Waals surface area contributed by atoms with E-state index in [0.717, 1.165) is 18.5 Å². The molecule has 3 N–H and O–H groups in total. The lowest BCUT2D eigenvalue weighted by molar-refractivity contribution is 0.627. The molecule has 5 nitrogen and oxygen atoms in total. The second kappa shape index (κ2) is 4.00. The number of rotatable bonds is 3. The molecule has 2 aromatic rings. The largest absolute Gasteiger partial charge is 0.368 e. The van der Waals surface area contributed by atoms with Crippen LogP contribution in [0, 0.1) is 0 Å². The van der Waals surface area contributed by atoms with Gasteiger partial charge in [0.1, 0.15) is 5.52 Å². The molecule has 0 aliphatic heterocycles. The number of aromatic nitrogens is 3. The predicted octanol–water partition coefficient (Wildman–Crippen LogP) is 1.51. The molecule has 1 atom stereocenters. The Labute approximate surface area is 93.3 Å². The van der Waals surface area contributed by atoms with E-state index in [2.05, 4.69) is 23.9 Å². The zero-order valence-corrected chi connectivity index (χ0v) is 9.53. The van der Waals surface area contributed by atoms with Gasteiger partial charge in [-0.15, -0.1) is 5.10 Å². The van der Waals surface area contributed by atoms with E-state index in [1.165, 1.54) is 0 Å². The molecule has 0 aliphatic carbocycles. The van der Waals surface area contributed by atoms with Crippen LogP contribution in [0.3, 0.4) is 0 Å². The lowest BCUT2D eigenvalue weighted by Gasteiger charge is -2.09. The number of H-pyrrole nitrogens is 1. The van der Waals surface area contributed by atoms with Crippen molar-refractivity contribution in [2.75, 3.05) is 5.73 Å². The number of aromatic amines is 1.